The molecule has 3 rings (SSSR count). The molecule has 0 saturated heterocycles. The molecule has 0 spiro atoms. The van der Waals surface area contributed by atoms with Gasteiger partial charge in [0.1, 0.15) is 0 Å². The smallest absolute Gasteiger partial charge is 0.226 e. The molecule has 0 bridgehead atoms. The summed E-state index contributed by atoms with van der Waals surface area (Å²) in [5.74, 6) is 0.417. The van der Waals surface area contributed by atoms with Crippen molar-refractivity contribution in [1.82, 2.24) is 14.8 Å². The van der Waals surface area contributed by atoms with E-state index in [2.05, 4.69) is 15.5 Å². The van der Waals surface area contributed by atoms with Crippen molar-refractivity contribution in [2.24, 2.45) is 0 Å². The number of amides is 1. The highest BCUT2D eigenvalue weighted by Gasteiger charge is 2.12. The third-order valence-corrected chi connectivity index (χ3v) is 5.60. The lowest BCUT2D eigenvalue weighted by Gasteiger charge is -2.09. The zero-order valence-corrected chi connectivity index (χ0v) is 17.1. The van der Waals surface area contributed by atoms with Crippen LogP contribution < -0.4 is 5.32 Å². The second-order valence-electron chi connectivity index (χ2n) is 6.47. The third-order valence-electron chi connectivity index (χ3n) is 4.18. The summed E-state index contributed by atoms with van der Waals surface area (Å²) in [6.45, 7) is 2.35. The fourth-order valence-electron chi connectivity index (χ4n) is 2.69. The van der Waals surface area contributed by atoms with Crippen molar-refractivity contribution in [2.45, 2.75) is 24.8 Å². The summed E-state index contributed by atoms with van der Waals surface area (Å²) in [6.07, 6.45) is 1.29. The summed E-state index contributed by atoms with van der Waals surface area (Å²) in [6, 6.07) is 14.0. The molecule has 0 aliphatic rings. The lowest BCUT2D eigenvalue weighted by Crippen LogP contribution is -2.15. The van der Waals surface area contributed by atoms with Gasteiger partial charge >= 0.3 is 0 Å². The highest BCUT2D eigenvalue weighted by molar-refractivity contribution is 7.90. The van der Waals surface area contributed by atoms with Crippen LogP contribution in [0, 0.1) is 11.7 Å². The van der Waals surface area contributed by atoms with Gasteiger partial charge in [-0.05, 0) is 37.3 Å². The van der Waals surface area contributed by atoms with Crippen LogP contribution in [-0.2, 0) is 21.2 Å². The van der Waals surface area contributed by atoms with Gasteiger partial charge in [-0.3, -0.25) is 14.5 Å². The van der Waals surface area contributed by atoms with Crippen molar-refractivity contribution in [3.05, 3.63) is 58.9 Å². The quantitative estimate of drug-likeness (QED) is 0.601. The summed E-state index contributed by atoms with van der Waals surface area (Å²) in [5, 5.41) is 9.75. The molecule has 9 heteroatoms. The van der Waals surface area contributed by atoms with Crippen molar-refractivity contribution in [3.8, 4) is 11.4 Å². The molecule has 3 aromatic rings. The van der Waals surface area contributed by atoms with Crippen LogP contribution in [0.2, 0.25) is 0 Å². The maximum absolute atomic E-state index is 12.3. The standard InChI is InChI=1S/C19H20N4O3S2/c1-13-6-8-14(9-7-13)18-21-22-19(27)23(18)11-10-17(24)20-15-4-3-5-16(12-15)28(2,25)26/h3-9,12H,10-11H2,1-2H3,(H,20,24)(H,22,27). The Hall–Kier alpha value is -2.78. The Morgan fingerprint density at radius 3 is 2.61 bits per heavy atom. The maximum atomic E-state index is 12.3. The third kappa shape index (κ3) is 4.73. The second kappa shape index (κ2) is 8.07. The molecule has 0 fully saturated rings. The van der Waals surface area contributed by atoms with E-state index in [4.69, 9.17) is 12.2 Å². The lowest BCUT2D eigenvalue weighted by molar-refractivity contribution is -0.116. The van der Waals surface area contributed by atoms with E-state index in [9.17, 15) is 13.2 Å². The molecule has 1 amide bonds. The van der Waals surface area contributed by atoms with Crippen LogP contribution in [0.15, 0.2) is 53.4 Å². The number of aromatic amines is 1. The molecule has 0 unspecified atom stereocenters. The molecule has 0 atom stereocenters. The molecule has 7 nitrogen and oxygen atoms in total. The van der Waals surface area contributed by atoms with Crippen molar-refractivity contribution < 1.29 is 13.2 Å². The van der Waals surface area contributed by atoms with Gasteiger partial charge < -0.3 is 5.32 Å². The van der Waals surface area contributed by atoms with E-state index in [1.807, 2.05) is 31.2 Å². The highest BCUT2D eigenvalue weighted by atomic mass is 32.2. The Morgan fingerprint density at radius 1 is 1.21 bits per heavy atom. The summed E-state index contributed by atoms with van der Waals surface area (Å²) in [5.41, 5.74) is 2.47. The fraction of sp³-hybridized carbons (Fsp3) is 0.211. The van der Waals surface area contributed by atoms with Gasteiger partial charge in [-0.1, -0.05) is 35.9 Å². The zero-order valence-electron chi connectivity index (χ0n) is 15.5. The first kappa shape index (κ1) is 20.0. The van der Waals surface area contributed by atoms with Crippen LogP contribution in [0.4, 0.5) is 5.69 Å². The minimum Gasteiger partial charge on any atom is -0.326 e. The number of hydrogen-bond acceptors (Lipinski definition) is 5. The largest absolute Gasteiger partial charge is 0.326 e. The Balaban J connectivity index is 1.71. The molecular weight excluding hydrogens is 396 g/mol. The number of nitrogens with one attached hydrogen (secondary N) is 2. The normalized spacial score (nSPS) is 11.4. The number of anilines is 1. The predicted octanol–water partition coefficient (Wildman–Crippen LogP) is 3.35. The first-order valence-electron chi connectivity index (χ1n) is 8.56. The molecule has 146 valence electrons. The predicted molar refractivity (Wildman–Crippen MR) is 110 cm³/mol. The molecular formula is C19H20N4O3S2. The second-order valence-corrected chi connectivity index (χ2v) is 8.87. The summed E-state index contributed by atoms with van der Waals surface area (Å²) in [7, 11) is -3.34. The van der Waals surface area contributed by atoms with Crippen LogP contribution in [-0.4, -0.2) is 35.3 Å². The first-order chi connectivity index (χ1) is 13.2. The minimum atomic E-state index is -3.34. The highest BCUT2D eigenvalue weighted by Crippen LogP contribution is 2.19. The van der Waals surface area contributed by atoms with Crippen LogP contribution in [0.25, 0.3) is 11.4 Å². The molecule has 0 saturated carbocycles. The Labute approximate surface area is 168 Å². The molecule has 2 N–H and O–H groups in total. The maximum Gasteiger partial charge on any atom is 0.226 e. The lowest BCUT2D eigenvalue weighted by atomic mass is 10.1. The number of rotatable bonds is 6. The van der Waals surface area contributed by atoms with Crippen molar-refractivity contribution in [3.63, 3.8) is 0 Å². The molecule has 2 aromatic carbocycles. The molecule has 1 aromatic heterocycles. The van der Waals surface area contributed by atoms with Gasteiger partial charge in [0.15, 0.2) is 20.4 Å². The average molecular weight is 417 g/mol. The summed E-state index contributed by atoms with van der Waals surface area (Å²) in [4.78, 5) is 12.5. The number of carbonyl (C=O) groups excluding carboxylic acids is 1. The van der Waals surface area contributed by atoms with E-state index in [1.165, 1.54) is 12.1 Å². The van der Waals surface area contributed by atoms with Gasteiger partial charge in [-0.15, -0.1) is 0 Å². The van der Waals surface area contributed by atoms with Crippen LogP contribution >= 0.6 is 12.2 Å². The minimum absolute atomic E-state index is 0.156. The van der Waals surface area contributed by atoms with Crippen LogP contribution in [0.1, 0.15) is 12.0 Å². The molecule has 0 aliphatic heterocycles. The first-order valence-corrected chi connectivity index (χ1v) is 10.9. The SMILES string of the molecule is Cc1ccc(-c2n[nH]c(=S)n2CCC(=O)Nc2cccc(S(C)(=O)=O)c2)cc1. The van der Waals surface area contributed by atoms with Gasteiger partial charge in [-0.25, -0.2) is 8.42 Å². The van der Waals surface area contributed by atoms with Gasteiger partial charge in [0, 0.05) is 30.5 Å². The molecule has 0 aliphatic carbocycles. The van der Waals surface area contributed by atoms with E-state index in [-0.39, 0.29) is 17.2 Å². The Bertz CT molecular complexity index is 1160. The van der Waals surface area contributed by atoms with Crippen molar-refractivity contribution in [2.75, 3.05) is 11.6 Å². The van der Waals surface area contributed by atoms with E-state index in [0.29, 0.717) is 22.8 Å². The van der Waals surface area contributed by atoms with Gasteiger partial charge in [-0.2, -0.15) is 5.10 Å². The van der Waals surface area contributed by atoms with Crippen LogP contribution in [0.3, 0.4) is 0 Å². The van der Waals surface area contributed by atoms with Gasteiger partial charge in [0.2, 0.25) is 5.91 Å². The monoisotopic (exact) mass is 416 g/mol. The van der Waals surface area contributed by atoms with E-state index < -0.39 is 9.84 Å². The van der Waals surface area contributed by atoms with Crippen molar-refractivity contribution in [1.29, 1.82) is 0 Å². The number of hydrogen-bond donors (Lipinski definition) is 2. The molecule has 28 heavy (non-hydrogen) atoms. The number of aromatic nitrogens is 3. The van der Waals surface area contributed by atoms with Gasteiger partial charge in [0.05, 0.1) is 4.90 Å². The number of benzene rings is 2. The van der Waals surface area contributed by atoms with Gasteiger partial charge in [0.25, 0.3) is 0 Å². The zero-order chi connectivity index (χ0) is 20.3. The van der Waals surface area contributed by atoms with E-state index >= 15 is 0 Å². The molecule has 1 heterocycles. The number of sulfone groups is 1. The number of nitrogens with zero attached hydrogens (tertiary/aromatic N) is 2. The fourth-order valence-corrected chi connectivity index (χ4v) is 3.58. The topological polar surface area (TPSA) is 96.8 Å². The van der Waals surface area contributed by atoms with Crippen LogP contribution in [0.5, 0.6) is 0 Å². The Morgan fingerprint density at radius 2 is 1.93 bits per heavy atom. The van der Waals surface area contributed by atoms with E-state index in [0.717, 1.165) is 17.4 Å². The number of H-pyrrole nitrogens is 1. The average Bonchev–Trinajstić information content (AvgIpc) is 3.01. The Kier molecular flexibility index (Phi) is 5.76. The summed E-state index contributed by atoms with van der Waals surface area (Å²) >= 11 is 5.28. The van der Waals surface area contributed by atoms with Crippen molar-refractivity contribution >= 4 is 33.6 Å². The number of carbonyl (C=O) groups is 1. The molecule has 0 radical (unpaired) electrons. The summed E-state index contributed by atoms with van der Waals surface area (Å²) < 4.78 is 25.5. The number of aryl methyl sites for hydroxylation is 1. The van der Waals surface area contributed by atoms with E-state index in [1.54, 1.807) is 16.7 Å².